The molecule has 2 heterocycles. The number of nitrogens with zero attached hydrogens (tertiary/aromatic N) is 5. The summed E-state index contributed by atoms with van der Waals surface area (Å²) in [4.78, 5) is 8.30. The van der Waals surface area contributed by atoms with Crippen molar-refractivity contribution >= 4 is 11.8 Å². The molecule has 7 nitrogen and oxygen atoms in total. The second-order valence-corrected chi connectivity index (χ2v) is 3.46. The van der Waals surface area contributed by atoms with Crippen LogP contribution in [0.2, 0.25) is 0 Å². The first-order valence-electron chi connectivity index (χ1n) is 5.47. The molecule has 0 fully saturated rings. The molecule has 0 spiro atoms. The zero-order valence-electron chi connectivity index (χ0n) is 9.67. The van der Waals surface area contributed by atoms with E-state index in [4.69, 9.17) is 0 Å². The van der Waals surface area contributed by atoms with Crippen LogP contribution in [-0.4, -0.2) is 38.6 Å². The Hall–Kier alpha value is -2.18. The summed E-state index contributed by atoms with van der Waals surface area (Å²) >= 11 is 0. The molecule has 2 rings (SSSR count). The normalized spacial score (nSPS) is 10.2. The van der Waals surface area contributed by atoms with Gasteiger partial charge in [0.1, 0.15) is 5.82 Å². The fourth-order valence-corrected chi connectivity index (χ4v) is 1.39. The van der Waals surface area contributed by atoms with E-state index in [-0.39, 0.29) is 0 Å². The molecule has 7 heteroatoms. The minimum absolute atomic E-state index is 0.617. The van der Waals surface area contributed by atoms with Crippen molar-refractivity contribution in [2.75, 3.05) is 24.2 Å². The average molecular weight is 233 g/mol. The summed E-state index contributed by atoms with van der Waals surface area (Å²) in [5.41, 5.74) is 0. The fourth-order valence-electron chi connectivity index (χ4n) is 1.39. The number of rotatable bonds is 6. The van der Waals surface area contributed by atoms with Crippen LogP contribution in [-0.2, 0) is 6.54 Å². The van der Waals surface area contributed by atoms with Gasteiger partial charge in [-0.2, -0.15) is 4.98 Å². The monoisotopic (exact) mass is 233 g/mol. The summed E-state index contributed by atoms with van der Waals surface area (Å²) in [7, 11) is 1.80. The van der Waals surface area contributed by atoms with Crippen LogP contribution in [0.4, 0.5) is 11.8 Å². The third-order valence-corrected chi connectivity index (χ3v) is 2.22. The molecule has 0 aliphatic carbocycles. The topological polar surface area (TPSA) is 80.5 Å². The third-order valence-electron chi connectivity index (χ3n) is 2.22. The summed E-state index contributed by atoms with van der Waals surface area (Å²) in [5.74, 6) is 1.44. The van der Waals surface area contributed by atoms with E-state index in [1.165, 1.54) is 0 Å². The first-order chi connectivity index (χ1) is 8.38. The van der Waals surface area contributed by atoms with Crippen molar-refractivity contribution < 1.29 is 0 Å². The molecule has 0 aromatic carbocycles. The standard InChI is InChI=1S/C10H15N7/c1-11-10-13-5-3-9(15-10)12-4-2-7-17-8-6-14-16-17/h3,5-6,8H,2,4,7H2,1H3,(H2,11,12,13,15). The summed E-state index contributed by atoms with van der Waals surface area (Å²) in [6.45, 7) is 1.68. The molecule has 0 atom stereocenters. The van der Waals surface area contributed by atoms with Gasteiger partial charge in [-0.05, 0) is 12.5 Å². The second kappa shape index (κ2) is 5.78. The Kier molecular flexibility index (Phi) is 3.85. The van der Waals surface area contributed by atoms with Gasteiger partial charge in [0, 0.05) is 32.5 Å². The van der Waals surface area contributed by atoms with Crippen molar-refractivity contribution in [3.63, 3.8) is 0 Å². The highest BCUT2D eigenvalue weighted by Crippen LogP contribution is 2.04. The van der Waals surface area contributed by atoms with Crippen LogP contribution < -0.4 is 10.6 Å². The summed E-state index contributed by atoms with van der Waals surface area (Å²) in [5, 5.41) is 13.8. The van der Waals surface area contributed by atoms with E-state index in [0.717, 1.165) is 25.3 Å². The van der Waals surface area contributed by atoms with Crippen molar-refractivity contribution in [3.05, 3.63) is 24.7 Å². The van der Waals surface area contributed by atoms with Crippen LogP contribution in [0.1, 0.15) is 6.42 Å². The highest BCUT2D eigenvalue weighted by atomic mass is 15.4. The summed E-state index contributed by atoms with van der Waals surface area (Å²) in [6.07, 6.45) is 6.21. The Balaban J connectivity index is 1.74. The molecule has 0 bridgehead atoms. The molecule has 0 saturated carbocycles. The maximum absolute atomic E-state index is 4.26. The van der Waals surface area contributed by atoms with Crippen LogP contribution in [0, 0.1) is 0 Å². The number of aryl methyl sites for hydroxylation is 1. The SMILES string of the molecule is CNc1nccc(NCCCn2ccnn2)n1. The van der Waals surface area contributed by atoms with Gasteiger partial charge in [0.05, 0.1) is 6.20 Å². The molecule has 2 aromatic rings. The number of nitrogens with one attached hydrogen (secondary N) is 2. The van der Waals surface area contributed by atoms with Crippen LogP contribution in [0.15, 0.2) is 24.7 Å². The highest BCUT2D eigenvalue weighted by Gasteiger charge is 1.96. The van der Waals surface area contributed by atoms with E-state index in [1.54, 1.807) is 24.1 Å². The smallest absolute Gasteiger partial charge is 0.224 e. The lowest BCUT2D eigenvalue weighted by Gasteiger charge is -2.06. The van der Waals surface area contributed by atoms with Crippen molar-refractivity contribution in [1.82, 2.24) is 25.0 Å². The molecule has 2 N–H and O–H groups in total. The molecule has 0 amide bonds. The minimum atomic E-state index is 0.617. The molecular weight excluding hydrogens is 218 g/mol. The van der Waals surface area contributed by atoms with E-state index in [1.807, 2.05) is 12.3 Å². The molecule has 17 heavy (non-hydrogen) atoms. The van der Waals surface area contributed by atoms with E-state index in [0.29, 0.717) is 5.95 Å². The predicted octanol–water partition coefficient (Wildman–Crippen LogP) is 0.612. The van der Waals surface area contributed by atoms with Crippen molar-refractivity contribution in [1.29, 1.82) is 0 Å². The van der Waals surface area contributed by atoms with Crippen LogP contribution >= 0.6 is 0 Å². The molecule has 0 aliphatic heterocycles. The largest absolute Gasteiger partial charge is 0.370 e. The molecule has 0 saturated heterocycles. The van der Waals surface area contributed by atoms with E-state index >= 15 is 0 Å². The van der Waals surface area contributed by atoms with Gasteiger partial charge in [0.2, 0.25) is 5.95 Å². The lowest BCUT2D eigenvalue weighted by molar-refractivity contribution is 0.569. The summed E-state index contributed by atoms with van der Waals surface area (Å²) in [6, 6.07) is 1.84. The Labute approximate surface area is 99.3 Å². The number of anilines is 2. The molecular formula is C10H15N7. The number of aromatic nitrogens is 5. The lowest BCUT2D eigenvalue weighted by atomic mass is 10.4. The van der Waals surface area contributed by atoms with Crippen LogP contribution in [0.25, 0.3) is 0 Å². The predicted molar refractivity (Wildman–Crippen MR) is 64.7 cm³/mol. The van der Waals surface area contributed by atoms with Gasteiger partial charge < -0.3 is 10.6 Å². The Morgan fingerprint density at radius 1 is 1.35 bits per heavy atom. The van der Waals surface area contributed by atoms with E-state index < -0.39 is 0 Å². The third kappa shape index (κ3) is 3.40. The Bertz CT molecular complexity index is 440. The van der Waals surface area contributed by atoms with Crippen molar-refractivity contribution in [2.45, 2.75) is 13.0 Å². The first kappa shape index (κ1) is 11.3. The second-order valence-electron chi connectivity index (χ2n) is 3.46. The van der Waals surface area contributed by atoms with E-state index in [2.05, 4.69) is 30.9 Å². The first-order valence-corrected chi connectivity index (χ1v) is 5.47. The maximum atomic E-state index is 4.26. The van der Waals surface area contributed by atoms with Gasteiger partial charge in [-0.15, -0.1) is 5.10 Å². The van der Waals surface area contributed by atoms with Gasteiger partial charge in [-0.25, -0.2) is 4.98 Å². The zero-order valence-corrected chi connectivity index (χ0v) is 9.67. The maximum Gasteiger partial charge on any atom is 0.224 e. The van der Waals surface area contributed by atoms with Crippen molar-refractivity contribution in [2.24, 2.45) is 0 Å². The minimum Gasteiger partial charge on any atom is -0.370 e. The fraction of sp³-hybridized carbons (Fsp3) is 0.400. The number of hydrogen-bond acceptors (Lipinski definition) is 6. The summed E-state index contributed by atoms with van der Waals surface area (Å²) < 4.78 is 1.81. The van der Waals surface area contributed by atoms with Crippen LogP contribution in [0.5, 0.6) is 0 Å². The van der Waals surface area contributed by atoms with Gasteiger partial charge in [-0.1, -0.05) is 5.21 Å². The average Bonchev–Trinajstić information content (AvgIpc) is 2.88. The quantitative estimate of drug-likeness (QED) is 0.712. The van der Waals surface area contributed by atoms with Crippen LogP contribution in [0.3, 0.4) is 0 Å². The van der Waals surface area contributed by atoms with Gasteiger partial charge >= 0.3 is 0 Å². The van der Waals surface area contributed by atoms with Gasteiger partial charge in [-0.3, -0.25) is 4.68 Å². The van der Waals surface area contributed by atoms with Crippen molar-refractivity contribution in [3.8, 4) is 0 Å². The van der Waals surface area contributed by atoms with E-state index in [9.17, 15) is 0 Å². The number of hydrogen-bond donors (Lipinski definition) is 2. The molecule has 2 aromatic heterocycles. The molecule has 0 aliphatic rings. The Morgan fingerprint density at radius 3 is 3.06 bits per heavy atom. The zero-order chi connectivity index (χ0) is 11.9. The lowest BCUT2D eigenvalue weighted by Crippen LogP contribution is -2.09. The molecule has 0 radical (unpaired) electrons. The molecule has 90 valence electrons. The van der Waals surface area contributed by atoms with Gasteiger partial charge in [0.15, 0.2) is 0 Å². The van der Waals surface area contributed by atoms with Gasteiger partial charge in [0.25, 0.3) is 0 Å². The Morgan fingerprint density at radius 2 is 2.29 bits per heavy atom. The molecule has 0 unspecified atom stereocenters. The highest BCUT2D eigenvalue weighted by molar-refractivity contribution is 5.38.